The Morgan fingerprint density at radius 3 is 2.58 bits per heavy atom. The van der Waals surface area contributed by atoms with Crippen LogP contribution in [0.4, 0.5) is 0 Å². The molecule has 1 unspecified atom stereocenters. The van der Waals surface area contributed by atoms with Crippen LogP contribution in [0, 0.1) is 12.8 Å². The number of hydrogen-bond acceptors (Lipinski definition) is 4. The number of amides is 1. The predicted octanol–water partition coefficient (Wildman–Crippen LogP) is 3.28. The summed E-state index contributed by atoms with van der Waals surface area (Å²) in [6.07, 6.45) is 2.53. The molecule has 0 saturated carbocycles. The van der Waals surface area contributed by atoms with Gasteiger partial charge in [-0.25, -0.2) is 9.67 Å². The fourth-order valence-electron chi connectivity index (χ4n) is 2.93. The minimum absolute atomic E-state index is 0.0716. The van der Waals surface area contributed by atoms with Gasteiger partial charge in [0.15, 0.2) is 5.65 Å². The minimum atomic E-state index is -0.910. The van der Waals surface area contributed by atoms with Gasteiger partial charge in [-0.2, -0.15) is 5.10 Å². The summed E-state index contributed by atoms with van der Waals surface area (Å²) in [7, 11) is 0. The number of fused-ring (bicyclic) bond motifs is 1. The summed E-state index contributed by atoms with van der Waals surface area (Å²) < 4.78 is 1.85. The lowest BCUT2D eigenvalue weighted by molar-refractivity contribution is -0.137. The molecule has 142 valence electrons. The van der Waals surface area contributed by atoms with Crippen LogP contribution in [0.5, 0.6) is 0 Å². The Labute approximate surface area is 154 Å². The van der Waals surface area contributed by atoms with Crippen LogP contribution in [0.15, 0.2) is 12.3 Å². The van der Waals surface area contributed by atoms with Crippen LogP contribution in [0.25, 0.3) is 11.0 Å². The van der Waals surface area contributed by atoms with Gasteiger partial charge in [0.2, 0.25) is 0 Å². The zero-order chi connectivity index (χ0) is 19.4. The average molecular weight is 360 g/mol. The molecule has 0 aliphatic carbocycles. The van der Waals surface area contributed by atoms with E-state index in [0.29, 0.717) is 23.1 Å². The number of aryl methyl sites for hydroxylation is 1. The van der Waals surface area contributed by atoms with E-state index in [0.717, 1.165) is 12.1 Å². The van der Waals surface area contributed by atoms with E-state index in [4.69, 9.17) is 5.11 Å². The lowest BCUT2D eigenvalue weighted by Gasteiger charge is -2.24. The average Bonchev–Trinajstić information content (AvgIpc) is 2.99. The van der Waals surface area contributed by atoms with Crippen LogP contribution < -0.4 is 0 Å². The Bertz CT molecular complexity index is 797. The third-order valence-corrected chi connectivity index (χ3v) is 4.40. The molecular formula is C19H28N4O3. The Kier molecular flexibility index (Phi) is 6.34. The van der Waals surface area contributed by atoms with Crippen LogP contribution in [-0.4, -0.2) is 49.7 Å². The van der Waals surface area contributed by atoms with E-state index in [2.05, 4.69) is 23.9 Å². The number of hydrogen-bond donors (Lipinski definition) is 1. The molecule has 2 heterocycles. The van der Waals surface area contributed by atoms with Gasteiger partial charge in [0.1, 0.15) is 0 Å². The minimum Gasteiger partial charge on any atom is -0.481 e. The van der Waals surface area contributed by atoms with Gasteiger partial charge in [-0.15, -0.1) is 0 Å². The van der Waals surface area contributed by atoms with Crippen molar-refractivity contribution in [3.63, 3.8) is 0 Å². The summed E-state index contributed by atoms with van der Waals surface area (Å²) in [5.41, 5.74) is 1.98. The summed E-state index contributed by atoms with van der Waals surface area (Å²) in [6.45, 7) is 10.7. The Hall–Kier alpha value is -2.44. The van der Waals surface area contributed by atoms with Crippen LogP contribution >= 0.6 is 0 Å². The number of carboxylic acids is 1. The maximum atomic E-state index is 13.2. The predicted molar refractivity (Wildman–Crippen MR) is 100 cm³/mol. The van der Waals surface area contributed by atoms with Crippen LogP contribution in [0.3, 0.4) is 0 Å². The molecule has 0 saturated heterocycles. The standard InChI is InChI=1S/C19H28N4O3/c1-6-14(5)23-18-16(10-20-23)15(9-13(4)21-18)19(26)22(11-12(2)3)8-7-17(24)25/h9-10,12,14H,6-8,11H2,1-5H3,(H,24,25). The molecule has 2 rings (SSSR count). The Balaban J connectivity index is 2.47. The molecule has 7 heteroatoms. The third-order valence-electron chi connectivity index (χ3n) is 4.40. The summed E-state index contributed by atoms with van der Waals surface area (Å²) in [5.74, 6) is -0.833. The number of carboxylic acid groups (broad SMARTS) is 1. The summed E-state index contributed by atoms with van der Waals surface area (Å²) >= 11 is 0. The maximum absolute atomic E-state index is 13.2. The highest BCUT2D eigenvalue weighted by Crippen LogP contribution is 2.23. The molecule has 0 fully saturated rings. The highest BCUT2D eigenvalue weighted by atomic mass is 16.4. The van der Waals surface area contributed by atoms with Crippen molar-refractivity contribution in [3.8, 4) is 0 Å². The number of pyridine rings is 1. The second-order valence-electron chi connectivity index (χ2n) is 7.18. The summed E-state index contributed by atoms with van der Waals surface area (Å²) in [5, 5.41) is 14.1. The molecule has 0 spiro atoms. The van der Waals surface area contributed by atoms with Crippen molar-refractivity contribution >= 4 is 22.9 Å². The Morgan fingerprint density at radius 1 is 1.31 bits per heavy atom. The van der Waals surface area contributed by atoms with Crippen LogP contribution in [-0.2, 0) is 4.79 Å². The fourth-order valence-corrected chi connectivity index (χ4v) is 2.93. The maximum Gasteiger partial charge on any atom is 0.305 e. The quantitative estimate of drug-likeness (QED) is 0.780. The van der Waals surface area contributed by atoms with E-state index in [1.807, 2.05) is 25.5 Å². The SMILES string of the molecule is CCC(C)n1ncc2c(C(=O)N(CCC(=O)O)CC(C)C)cc(C)nc21. The van der Waals surface area contributed by atoms with E-state index in [1.165, 1.54) is 0 Å². The lowest BCUT2D eigenvalue weighted by Crippen LogP contribution is -2.36. The second kappa shape index (κ2) is 8.29. The van der Waals surface area contributed by atoms with Gasteiger partial charge in [-0.1, -0.05) is 20.8 Å². The normalized spacial score (nSPS) is 12.5. The molecule has 2 aromatic heterocycles. The summed E-state index contributed by atoms with van der Waals surface area (Å²) in [4.78, 5) is 30.3. The number of carbonyl (C=O) groups excluding carboxylic acids is 1. The largest absolute Gasteiger partial charge is 0.481 e. The monoisotopic (exact) mass is 360 g/mol. The molecule has 0 aliphatic heterocycles. The highest BCUT2D eigenvalue weighted by Gasteiger charge is 2.23. The molecule has 1 amide bonds. The van der Waals surface area contributed by atoms with Gasteiger partial charge >= 0.3 is 5.97 Å². The summed E-state index contributed by atoms with van der Waals surface area (Å²) in [6, 6.07) is 1.95. The lowest BCUT2D eigenvalue weighted by atomic mass is 10.1. The van der Waals surface area contributed by atoms with Gasteiger partial charge in [0.05, 0.1) is 29.6 Å². The molecule has 1 N–H and O–H groups in total. The number of rotatable bonds is 8. The topological polar surface area (TPSA) is 88.3 Å². The molecular weight excluding hydrogens is 332 g/mol. The van der Waals surface area contributed by atoms with E-state index in [1.54, 1.807) is 17.2 Å². The Morgan fingerprint density at radius 2 is 2.00 bits per heavy atom. The van der Waals surface area contributed by atoms with Crippen molar-refractivity contribution in [1.29, 1.82) is 0 Å². The molecule has 26 heavy (non-hydrogen) atoms. The van der Waals surface area contributed by atoms with Crippen molar-refractivity contribution in [2.45, 2.75) is 53.5 Å². The molecule has 7 nitrogen and oxygen atoms in total. The van der Waals surface area contributed by atoms with E-state index >= 15 is 0 Å². The molecule has 0 aliphatic rings. The van der Waals surface area contributed by atoms with Crippen molar-refractivity contribution < 1.29 is 14.7 Å². The fraction of sp³-hybridized carbons (Fsp3) is 0.579. The first-order valence-corrected chi connectivity index (χ1v) is 9.10. The van der Waals surface area contributed by atoms with Gasteiger partial charge in [-0.05, 0) is 32.3 Å². The third kappa shape index (κ3) is 4.39. The van der Waals surface area contributed by atoms with E-state index in [9.17, 15) is 9.59 Å². The first kappa shape index (κ1) is 19.9. The molecule has 0 radical (unpaired) electrons. The number of aromatic nitrogens is 3. The molecule has 1 atom stereocenters. The smallest absolute Gasteiger partial charge is 0.305 e. The molecule has 0 aromatic carbocycles. The van der Waals surface area contributed by atoms with Crippen molar-refractivity contribution in [3.05, 3.63) is 23.5 Å². The van der Waals surface area contributed by atoms with Gasteiger partial charge in [0, 0.05) is 18.8 Å². The van der Waals surface area contributed by atoms with Gasteiger partial charge in [-0.3, -0.25) is 9.59 Å². The first-order valence-electron chi connectivity index (χ1n) is 9.10. The molecule has 2 aromatic rings. The number of nitrogens with zero attached hydrogens (tertiary/aromatic N) is 4. The van der Waals surface area contributed by atoms with E-state index in [-0.39, 0.29) is 30.8 Å². The first-order chi connectivity index (χ1) is 12.2. The van der Waals surface area contributed by atoms with Crippen molar-refractivity contribution in [2.24, 2.45) is 5.92 Å². The van der Waals surface area contributed by atoms with Gasteiger partial charge in [0.25, 0.3) is 5.91 Å². The van der Waals surface area contributed by atoms with E-state index < -0.39 is 5.97 Å². The van der Waals surface area contributed by atoms with Gasteiger partial charge < -0.3 is 10.0 Å². The van der Waals surface area contributed by atoms with Crippen molar-refractivity contribution in [1.82, 2.24) is 19.7 Å². The second-order valence-corrected chi connectivity index (χ2v) is 7.18. The zero-order valence-corrected chi connectivity index (χ0v) is 16.2. The molecule has 0 bridgehead atoms. The van der Waals surface area contributed by atoms with Crippen LogP contribution in [0.2, 0.25) is 0 Å². The number of aliphatic carboxylic acids is 1. The highest BCUT2D eigenvalue weighted by molar-refractivity contribution is 6.05. The number of carbonyl (C=O) groups is 2. The van der Waals surface area contributed by atoms with Crippen LogP contribution in [0.1, 0.15) is 62.6 Å². The van der Waals surface area contributed by atoms with Crippen molar-refractivity contribution in [2.75, 3.05) is 13.1 Å². The zero-order valence-electron chi connectivity index (χ0n) is 16.2.